The van der Waals surface area contributed by atoms with E-state index in [9.17, 15) is 70.2 Å². The molecule has 0 bridgehead atoms. The Bertz CT molecular complexity index is 2100. The topological polar surface area (TPSA) is 289 Å². The molecule has 10 N–H and O–H groups in total. The number of hydrogen-bond donors (Lipinski definition) is 10. The van der Waals surface area contributed by atoms with Crippen molar-refractivity contribution in [3.63, 3.8) is 0 Å². The van der Waals surface area contributed by atoms with Crippen LogP contribution in [0.1, 0.15) is 27.8 Å². The number of carbonyl (C=O) groups excluding carboxylic acids is 2. The molecule has 0 aromatic heterocycles. The van der Waals surface area contributed by atoms with Crippen molar-refractivity contribution in [1.29, 1.82) is 0 Å². The molecular weight excluding hydrogens is 688 g/mol. The summed E-state index contributed by atoms with van der Waals surface area (Å²) in [6.45, 7) is 0. The van der Waals surface area contributed by atoms with Crippen molar-refractivity contribution in [3.05, 3.63) is 101 Å². The summed E-state index contributed by atoms with van der Waals surface area (Å²) >= 11 is 0. The molecule has 0 aliphatic heterocycles. The molecule has 16 nitrogen and oxygen atoms in total. The molecule has 4 aromatic rings. The largest absolute Gasteiger partial charge is 0.504 e. The van der Waals surface area contributed by atoms with Gasteiger partial charge >= 0.3 is 23.9 Å². The summed E-state index contributed by atoms with van der Waals surface area (Å²) in [5.74, 6) is -10.8. The second kappa shape index (κ2) is 15.9. The Kier molecular flexibility index (Phi) is 11.5. The molecule has 4 aromatic carbocycles. The Morgan fingerprint density at radius 2 is 1.06 bits per heavy atom. The molecule has 0 radical (unpaired) electrons. The van der Waals surface area contributed by atoms with Crippen molar-refractivity contribution in [2.75, 3.05) is 0 Å². The highest BCUT2D eigenvalue weighted by molar-refractivity contribution is 6.24. The summed E-state index contributed by atoms with van der Waals surface area (Å²) in [5, 5.41) is 99.3. The van der Waals surface area contributed by atoms with Crippen LogP contribution in [-0.2, 0) is 41.5 Å². The Hall–Kier alpha value is -7.36. The van der Waals surface area contributed by atoms with E-state index in [0.717, 1.165) is 66.8 Å². The number of carbonyl (C=O) groups is 4. The van der Waals surface area contributed by atoms with Crippen LogP contribution in [0.3, 0.4) is 0 Å². The first-order chi connectivity index (χ1) is 24.5. The molecule has 2 atom stereocenters. The molecule has 0 saturated heterocycles. The van der Waals surface area contributed by atoms with Crippen LogP contribution in [0.2, 0.25) is 0 Å². The van der Waals surface area contributed by atoms with E-state index in [1.54, 1.807) is 0 Å². The average molecular weight is 719 g/mol. The second-order valence-electron chi connectivity index (χ2n) is 11.1. The number of carboxylic acid groups (broad SMARTS) is 2. The Morgan fingerprint density at radius 3 is 1.56 bits per heavy atom. The minimum atomic E-state index is -1.93. The minimum absolute atomic E-state index is 0.000712. The van der Waals surface area contributed by atoms with Crippen molar-refractivity contribution in [2.45, 2.75) is 25.0 Å². The first kappa shape index (κ1) is 37.5. The van der Waals surface area contributed by atoms with Gasteiger partial charge in [-0.2, -0.15) is 0 Å². The van der Waals surface area contributed by atoms with Gasteiger partial charge in [0, 0.05) is 24.5 Å². The molecule has 0 amide bonds. The minimum Gasteiger partial charge on any atom is -0.504 e. The van der Waals surface area contributed by atoms with Gasteiger partial charge in [-0.05, 0) is 76.9 Å². The number of rotatable bonds is 13. The summed E-state index contributed by atoms with van der Waals surface area (Å²) in [6, 6.07) is 12.3. The fraction of sp³-hybridized carbons (Fsp3) is 0.111. The number of aromatic hydroxyl groups is 8. The number of aliphatic carboxylic acids is 2. The van der Waals surface area contributed by atoms with Crippen LogP contribution >= 0.6 is 0 Å². The van der Waals surface area contributed by atoms with Gasteiger partial charge < -0.3 is 60.5 Å². The van der Waals surface area contributed by atoms with E-state index < -0.39 is 106 Å². The Labute approximate surface area is 292 Å². The number of esters is 2. The lowest BCUT2D eigenvalue weighted by Crippen LogP contribution is -2.29. The Morgan fingerprint density at radius 1 is 0.577 bits per heavy atom. The van der Waals surface area contributed by atoms with Gasteiger partial charge in [0.25, 0.3) is 0 Å². The van der Waals surface area contributed by atoms with Gasteiger partial charge in [-0.3, -0.25) is 0 Å². The number of hydrogen-bond acceptors (Lipinski definition) is 14. The van der Waals surface area contributed by atoms with Gasteiger partial charge in [0.05, 0.1) is 5.57 Å². The lowest BCUT2D eigenvalue weighted by molar-refractivity contribution is -0.160. The van der Waals surface area contributed by atoms with Crippen LogP contribution in [0, 0.1) is 0 Å². The van der Waals surface area contributed by atoms with Gasteiger partial charge in [0.1, 0.15) is 0 Å². The quantitative estimate of drug-likeness (QED) is 0.0410. The smallest absolute Gasteiger partial charge is 0.345 e. The zero-order valence-electron chi connectivity index (χ0n) is 26.6. The summed E-state index contributed by atoms with van der Waals surface area (Å²) in [5.41, 5.74) is -1.03. The van der Waals surface area contributed by atoms with Crippen molar-refractivity contribution in [3.8, 4) is 46.0 Å². The van der Waals surface area contributed by atoms with Crippen LogP contribution in [0.5, 0.6) is 46.0 Å². The van der Waals surface area contributed by atoms with E-state index in [1.807, 2.05) is 0 Å². The van der Waals surface area contributed by atoms with Gasteiger partial charge in [-0.15, -0.1) is 0 Å². The maximum Gasteiger partial charge on any atom is 0.345 e. The zero-order valence-corrected chi connectivity index (χ0v) is 26.6. The number of carboxylic acids is 2. The van der Waals surface area contributed by atoms with Crippen LogP contribution in [-0.4, -0.2) is 87.2 Å². The highest BCUT2D eigenvalue weighted by Gasteiger charge is 2.29. The monoisotopic (exact) mass is 718 g/mol. The lowest BCUT2D eigenvalue weighted by atomic mass is 9.95. The van der Waals surface area contributed by atoms with E-state index in [2.05, 4.69) is 0 Å². The molecule has 270 valence electrons. The van der Waals surface area contributed by atoms with Crippen LogP contribution in [0.15, 0.2) is 72.8 Å². The lowest BCUT2D eigenvalue weighted by Gasteiger charge is -2.18. The van der Waals surface area contributed by atoms with E-state index >= 15 is 0 Å². The fourth-order valence-corrected chi connectivity index (χ4v) is 4.76. The van der Waals surface area contributed by atoms with Crippen LogP contribution < -0.4 is 0 Å². The molecule has 4 rings (SSSR count). The highest BCUT2D eigenvalue weighted by atomic mass is 16.6. The number of benzene rings is 4. The predicted octanol–water partition coefficient (Wildman–Crippen LogP) is 3.36. The number of phenols is 8. The van der Waals surface area contributed by atoms with Crippen LogP contribution in [0.4, 0.5) is 0 Å². The molecule has 0 heterocycles. The number of phenolic OH excluding ortho intramolecular Hbond substituents is 8. The third-order valence-electron chi connectivity index (χ3n) is 7.37. The molecule has 0 spiro atoms. The molecule has 0 unspecified atom stereocenters. The SMILES string of the molecule is O=C(/C=C/c1ccc(O)c(O)c1/C(=C/c1ccc(O)c(O)c1)C(=O)O[C@@H](Cc1ccc(O)c(O)c1)C(=O)O)O[C@@H](Cc1ccc(O)c(O)c1)C(=O)O. The average Bonchev–Trinajstić information content (AvgIpc) is 3.08. The molecule has 0 aliphatic rings. The molecule has 0 aliphatic carbocycles. The molecule has 0 saturated carbocycles. The maximum atomic E-state index is 13.8. The van der Waals surface area contributed by atoms with Gasteiger partial charge in [0.2, 0.25) is 12.2 Å². The summed E-state index contributed by atoms with van der Waals surface area (Å²) in [4.78, 5) is 50.5. The third kappa shape index (κ3) is 9.20. The van der Waals surface area contributed by atoms with Crippen molar-refractivity contribution >= 4 is 41.6 Å². The standard InChI is InChI=1S/C36H30O16/c37-22-6-1-17(12-26(22)41)11-21(36(50)52-30(35(48)49)16-19-3-8-24(39)28(43)14-19)32-20(4-9-25(40)33(32)45)5-10-31(44)51-29(34(46)47)15-18-2-7-23(38)27(42)13-18/h1-14,29-30,37-43,45H,15-16H2,(H,46,47)(H,48,49)/b10-5+,21-11-/t29-,30-/m0/s1. The van der Waals surface area contributed by atoms with E-state index in [0.29, 0.717) is 0 Å². The van der Waals surface area contributed by atoms with Crippen LogP contribution in [0.25, 0.3) is 17.7 Å². The van der Waals surface area contributed by atoms with Crippen molar-refractivity contribution in [1.82, 2.24) is 0 Å². The van der Waals surface area contributed by atoms with Gasteiger partial charge in [0.15, 0.2) is 46.0 Å². The molecule has 0 fully saturated rings. The molecular formula is C36H30O16. The zero-order chi connectivity index (χ0) is 38.3. The summed E-state index contributed by atoms with van der Waals surface area (Å²) in [6.07, 6.45) is -1.92. The van der Waals surface area contributed by atoms with Crippen molar-refractivity contribution < 1.29 is 79.7 Å². The third-order valence-corrected chi connectivity index (χ3v) is 7.37. The normalized spacial score (nSPS) is 12.6. The molecule has 52 heavy (non-hydrogen) atoms. The fourth-order valence-electron chi connectivity index (χ4n) is 4.76. The highest BCUT2D eigenvalue weighted by Crippen LogP contribution is 2.39. The maximum absolute atomic E-state index is 13.8. The van der Waals surface area contributed by atoms with Gasteiger partial charge in [-0.25, -0.2) is 19.2 Å². The molecule has 16 heteroatoms. The number of ether oxygens (including phenoxy) is 2. The summed E-state index contributed by atoms with van der Waals surface area (Å²) < 4.78 is 10.3. The van der Waals surface area contributed by atoms with E-state index in [-0.39, 0.29) is 22.3 Å². The first-order valence-corrected chi connectivity index (χ1v) is 14.9. The second-order valence-corrected chi connectivity index (χ2v) is 11.1. The predicted molar refractivity (Wildman–Crippen MR) is 178 cm³/mol. The first-order valence-electron chi connectivity index (χ1n) is 14.9. The van der Waals surface area contributed by atoms with Gasteiger partial charge in [-0.1, -0.05) is 24.3 Å². The Balaban J connectivity index is 1.73. The summed E-state index contributed by atoms with van der Waals surface area (Å²) in [7, 11) is 0. The van der Waals surface area contributed by atoms with E-state index in [1.165, 1.54) is 18.2 Å². The van der Waals surface area contributed by atoms with Crippen molar-refractivity contribution in [2.24, 2.45) is 0 Å². The van der Waals surface area contributed by atoms with E-state index in [4.69, 9.17) is 9.47 Å².